The largest absolute Gasteiger partial charge is 0.354 e. The van der Waals surface area contributed by atoms with Crippen LogP contribution in [0, 0.1) is 0 Å². The van der Waals surface area contributed by atoms with Gasteiger partial charge >= 0.3 is 0 Å². The van der Waals surface area contributed by atoms with E-state index in [0.717, 1.165) is 0 Å². The number of rotatable bonds is 3. The zero-order valence-electron chi connectivity index (χ0n) is 9.94. The van der Waals surface area contributed by atoms with Crippen LogP contribution in [0.25, 0.3) is 0 Å². The molecule has 98 valence electrons. The Labute approximate surface area is 118 Å². The van der Waals surface area contributed by atoms with Crippen molar-refractivity contribution in [2.24, 2.45) is 0 Å². The number of thiazole rings is 1. The highest BCUT2D eigenvalue weighted by molar-refractivity contribution is 7.14. The molecule has 0 aliphatic carbocycles. The maximum atomic E-state index is 11.9. The molecule has 1 heterocycles. The summed E-state index contributed by atoms with van der Waals surface area (Å²) in [5, 5.41) is 7.60. The summed E-state index contributed by atoms with van der Waals surface area (Å²) in [7, 11) is 1.52. The number of hydrogen-bond donors (Lipinski definition) is 2. The highest BCUT2D eigenvalue weighted by atomic mass is 35.5. The maximum Gasteiger partial charge on any atom is 0.270 e. The number of halogens is 1. The Morgan fingerprint density at radius 3 is 2.53 bits per heavy atom. The smallest absolute Gasteiger partial charge is 0.270 e. The molecule has 0 spiro atoms. The van der Waals surface area contributed by atoms with Crippen LogP contribution in [0.1, 0.15) is 20.8 Å². The summed E-state index contributed by atoms with van der Waals surface area (Å²) >= 11 is 6.93. The van der Waals surface area contributed by atoms with E-state index in [9.17, 15) is 9.59 Å². The number of nitrogens with one attached hydrogen (secondary N) is 2. The van der Waals surface area contributed by atoms with Gasteiger partial charge in [0.2, 0.25) is 0 Å². The zero-order chi connectivity index (χ0) is 13.8. The molecule has 7 heteroatoms. The van der Waals surface area contributed by atoms with Crippen LogP contribution < -0.4 is 10.6 Å². The van der Waals surface area contributed by atoms with Crippen molar-refractivity contribution in [1.82, 2.24) is 10.3 Å². The minimum atomic E-state index is -0.297. The topological polar surface area (TPSA) is 71.1 Å². The van der Waals surface area contributed by atoms with Gasteiger partial charge in [-0.25, -0.2) is 4.98 Å². The Bertz CT molecular complexity index is 610. The lowest BCUT2D eigenvalue weighted by atomic mass is 10.2. The lowest BCUT2D eigenvalue weighted by Gasteiger charge is -2.01. The molecular formula is C12H10ClN3O2S. The number of benzene rings is 1. The monoisotopic (exact) mass is 295 g/mol. The predicted octanol–water partition coefficient (Wildman–Crippen LogP) is 2.41. The third kappa shape index (κ3) is 3.30. The molecule has 0 bridgehead atoms. The van der Waals surface area contributed by atoms with E-state index in [1.165, 1.54) is 18.4 Å². The van der Waals surface area contributed by atoms with Crippen molar-refractivity contribution in [3.63, 3.8) is 0 Å². The van der Waals surface area contributed by atoms with Crippen LogP contribution >= 0.6 is 22.9 Å². The normalized spacial score (nSPS) is 10.0. The van der Waals surface area contributed by atoms with E-state index >= 15 is 0 Å². The number of anilines is 1. The number of amides is 2. The molecule has 0 aliphatic rings. The van der Waals surface area contributed by atoms with Crippen LogP contribution in [0.3, 0.4) is 0 Å². The van der Waals surface area contributed by atoms with E-state index in [1.54, 1.807) is 29.6 Å². The second-order valence-corrected chi connectivity index (χ2v) is 4.87. The average molecular weight is 296 g/mol. The predicted molar refractivity (Wildman–Crippen MR) is 74.9 cm³/mol. The highest BCUT2D eigenvalue weighted by Gasteiger charge is 2.12. The van der Waals surface area contributed by atoms with Crippen LogP contribution in [0.5, 0.6) is 0 Å². The van der Waals surface area contributed by atoms with Gasteiger partial charge in [-0.2, -0.15) is 0 Å². The molecular weight excluding hydrogens is 286 g/mol. The van der Waals surface area contributed by atoms with Crippen molar-refractivity contribution in [2.75, 3.05) is 12.4 Å². The lowest BCUT2D eigenvalue weighted by Crippen LogP contribution is -2.18. The molecule has 19 heavy (non-hydrogen) atoms. The fourth-order valence-electron chi connectivity index (χ4n) is 1.33. The fraction of sp³-hybridized carbons (Fsp3) is 0.0833. The van der Waals surface area contributed by atoms with E-state index < -0.39 is 0 Å². The molecule has 0 unspecified atom stereocenters. The van der Waals surface area contributed by atoms with Crippen LogP contribution in [0.15, 0.2) is 29.6 Å². The van der Waals surface area contributed by atoms with Gasteiger partial charge in [-0.15, -0.1) is 11.3 Å². The van der Waals surface area contributed by atoms with Crippen molar-refractivity contribution in [1.29, 1.82) is 0 Å². The zero-order valence-corrected chi connectivity index (χ0v) is 11.5. The molecule has 5 nitrogen and oxygen atoms in total. The standard InChI is InChI=1S/C12H10ClN3O2S/c1-14-11(18)9-6-19-12(15-9)16-10(17)7-2-4-8(13)5-3-7/h2-6H,1H3,(H,14,18)(H,15,16,17). The summed E-state index contributed by atoms with van der Waals surface area (Å²) < 4.78 is 0. The van der Waals surface area contributed by atoms with E-state index in [4.69, 9.17) is 11.6 Å². The van der Waals surface area contributed by atoms with Crippen LogP contribution in [0.2, 0.25) is 5.02 Å². The molecule has 0 fully saturated rings. The Hall–Kier alpha value is -1.92. The third-order valence-electron chi connectivity index (χ3n) is 2.29. The second kappa shape index (κ2) is 5.81. The number of hydrogen-bond acceptors (Lipinski definition) is 4. The summed E-state index contributed by atoms with van der Waals surface area (Å²) in [5.41, 5.74) is 0.750. The average Bonchev–Trinajstić information content (AvgIpc) is 2.87. The first-order valence-corrected chi connectivity index (χ1v) is 6.60. The van der Waals surface area contributed by atoms with E-state index in [-0.39, 0.29) is 17.5 Å². The molecule has 2 aromatic rings. The van der Waals surface area contributed by atoms with Gasteiger partial charge in [0, 0.05) is 23.0 Å². The van der Waals surface area contributed by atoms with Crippen LogP contribution in [-0.4, -0.2) is 23.8 Å². The van der Waals surface area contributed by atoms with Crippen LogP contribution in [0.4, 0.5) is 5.13 Å². The Morgan fingerprint density at radius 1 is 1.21 bits per heavy atom. The van der Waals surface area contributed by atoms with Gasteiger partial charge in [0.1, 0.15) is 5.69 Å². The van der Waals surface area contributed by atoms with Gasteiger partial charge in [0.15, 0.2) is 5.13 Å². The van der Waals surface area contributed by atoms with Gasteiger partial charge in [-0.1, -0.05) is 11.6 Å². The Balaban J connectivity index is 2.08. The van der Waals surface area contributed by atoms with E-state index in [1.807, 2.05) is 0 Å². The van der Waals surface area contributed by atoms with Crippen molar-refractivity contribution in [3.8, 4) is 0 Å². The molecule has 2 rings (SSSR count). The van der Waals surface area contributed by atoms with Crippen molar-refractivity contribution < 1.29 is 9.59 Å². The summed E-state index contributed by atoms with van der Waals surface area (Å²) in [6.45, 7) is 0. The number of aromatic nitrogens is 1. The molecule has 0 saturated carbocycles. The number of nitrogens with zero attached hydrogens (tertiary/aromatic N) is 1. The van der Waals surface area contributed by atoms with E-state index in [2.05, 4.69) is 15.6 Å². The molecule has 0 radical (unpaired) electrons. The van der Waals surface area contributed by atoms with Crippen molar-refractivity contribution >= 4 is 39.9 Å². The maximum absolute atomic E-state index is 11.9. The van der Waals surface area contributed by atoms with Gasteiger partial charge in [-0.3, -0.25) is 14.9 Å². The lowest BCUT2D eigenvalue weighted by molar-refractivity contribution is 0.0957. The quantitative estimate of drug-likeness (QED) is 0.913. The molecule has 0 saturated heterocycles. The van der Waals surface area contributed by atoms with Crippen molar-refractivity contribution in [2.45, 2.75) is 0 Å². The number of carbonyl (C=O) groups is 2. The second-order valence-electron chi connectivity index (χ2n) is 3.58. The molecule has 1 aromatic carbocycles. The van der Waals surface area contributed by atoms with Crippen molar-refractivity contribution in [3.05, 3.63) is 45.9 Å². The Morgan fingerprint density at radius 2 is 1.89 bits per heavy atom. The van der Waals surface area contributed by atoms with Gasteiger partial charge in [-0.05, 0) is 24.3 Å². The number of carbonyl (C=O) groups excluding carboxylic acids is 2. The highest BCUT2D eigenvalue weighted by Crippen LogP contribution is 2.17. The molecule has 1 aromatic heterocycles. The fourth-order valence-corrected chi connectivity index (χ4v) is 2.15. The molecule has 0 aliphatic heterocycles. The minimum Gasteiger partial charge on any atom is -0.354 e. The first-order valence-electron chi connectivity index (χ1n) is 5.34. The van der Waals surface area contributed by atoms with Crippen LogP contribution in [-0.2, 0) is 0 Å². The van der Waals surface area contributed by atoms with Gasteiger partial charge < -0.3 is 5.32 Å². The molecule has 0 atom stereocenters. The SMILES string of the molecule is CNC(=O)c1csc(NC(=O)c2ccc(Cl)cc2)n1. The van der Waals surface area contributed by atoms with E-state index in [0.29, 0.717) is 15.7 Å². The Kier molecular flexibility index (Phi) is 4.13. The molecule has 2 amide bonds. The third-order valence-corrected chi connectivity index (χ3v) is 3.30. The minimum absolute atomic E-state index is 0.277. The summed E-state index contributed by atoms with van der Waals surface area (Å²) in [6.07, 6.45) is 0. The molecule has 2 N–H and O–H groups in total. The summed E-state index contributed by atoms with van der Waals surface area (Å²) in [6, 6.07) is 6.50. The van der Waals surface area contributed by atoms with Gasteiger partial charge in [0.25, 0.3) is 11.8 Å². The summed E-state index contributed by atoms with van der Waals surface area (Å²) in [4.78, 5) is 27.2. The van der Waals surface area contributed by atoms with Gasteiger partial charge in [0.05, 0.1) is 0 Å². The summed E-state index contributed by atoms with van der Waals surface area (Å²) in [5.74, 6) is -0.585. The first kappa shape index (κ1) is 13.5. The first-order chi connectivity index (χ1) is 9.10.